The van der Waals surface area contributed by atoms with Crippen LogP contribution in [0, 0.1) is 0 Å². The molecule has 1 unspecified atom stereocenters. The Bertz CT molecular complexity index is 253. The molecule has 0 spiro atoms. The molecular weight excluding hydrogens is 230 g/mol. The molecule has 0 aromatic carbocycles. The van der Waals surface area contributed by atoms with Crippen LogP contribution in [0.2, 0.25) is 0 Å². The van der Waals surface area contributed by atoms with Crippen molar-refractivity contribution < 1.29 is 14.6 Å². The topological polar surface area (TPSA) is 58.6 Å². The lowest BCUT2D eigenvalue weighted by Crippen LogP contribution is -2.54. The van der Waals surface area contributed by atoms with E-state index >= 15 is 0 Å². The Morgan fingerprint density at radius 2 is 2.00 bits per heavy atom. The summed E-state index contributed by atoms with van der Waals surface area (Å²) in [6, 6.07) is 0.374. The smallest absolute Gasteiger partial charge is 0.326 e. The standard InChI is InChI=1S/C14H27NO3/c1-3-4-5-6-7-10-18-11-14(2,13(16)17)15-12-8-9-12/h12,15H,3-11H2,1-2H3,(H,16,17). The summed E-state index contributed by atoms with van der Waals surface area (Å²) >= 11 is 0. The summed E-state index contributed by atoms with van der Waals surface area (Å²) in [6.07, 6.45) is 8.13. The van der Waals surface area contributed by atoms with Gasteiger partial charge in [0.1, 0.15) is 5.54 Å². The first-order valence-corrected chi connectivity index (χ1v) is 7.17. The minimum atomic E-state index is -0.926. The maximum atomic E-state index is 11.2. The van der Waals surface area contributed by atoms with Gasteiger partial charge in [0.25, 0.3) is 0 Å². The molecule has 0 saturated heterocycles. The van der Waals surface area contributed by atoms with Gasteiger partial charge in [0.05, 0.1) is 6.61 Å². The summed E-state index contributed by atoms with van der Waals surface area (Å²) in [7, 11) is 0. The molecule has 1 rings (SSSR count). The van der Waals surface area contributed by atoms with Crippen LogP contribution in [0.5, 0.6) is 0 Å². The van der Waals surface area contributed by atoms with Crippen molar-refractivity contribution in [2.24, 2.45) is 0 Å². The highest BCUT2D eigenvalue weighted by Gasteiger charge is 2.38. The Hall–Kier alpha value is -0.610. The molecule has 0 amide bonds. The van der Waals surface area contributed by atoms with Crippen LogP contribution in [-0.4, -0.2) is 35.9 Å². The summed E-state index contributed by atoms with van der Waals surface area (Å²) in [5, 5.41) is 12.4. The lowest BCUT2D eigenvalue weighted by Gasteiger charge is -2.26. The predicted octanol–water partition coefficient (Wildman–Crippen LogP) is 2.57. The molecule has 106 valence electrons. The van der Waals surface area contributed by atoms with Crippen LogP contribution < -0.4 is 5.32 Å². The molecule has 1 aliphatic carbocycles. The number of rotatable bonds is 11. The maximum Gasteiger partial charge on any atom is 0.326 e. The van der Waals surface area contributed by atoms with Crippen LogP contribution >= 0.6 is 0 Å². The second kappa shape index (κ2) is 7.74. The van der Waals surface area contributed by atoms with Gasteiger partial charge >= 0.3 is 5.97 Å². The molecule has 1 fully saturated rings. The zero-order chi connectivity index (χ0) is 13.4. The summed E-state index contributed by atoms with van der Waals surface area (Å²) < 4.78 is 5.53. The van der Waals surface area contributed by atoms with Gasteiger partial charge in [-0.25, -0.2) is 0 Å². The van der Waals surface area contributed by atoms with Gasteiger partial charge in [0.15, 0.2) is 0 Å². The molecule has 18 heavy (non-hydrogen) atoms. The van der Waals surface area contributed by atoms with Gasteiger partial charge in [-0.2, -0.15) is 0 Å². The number of nitrogens with one attached hydrogen (secondary N) is 1. The van der Waals surface area contributed by atoms with Gasteiger partial charge in [-0.15, -0.1) is 0 Å². The molecule has 0 aromatic heterocycles. The van der Waals surface area contributed by atoms with Crippen molar-refractivity contribution in [1.82, 2.24) is 5.32 Å². The number of carboxylic acid groups (broad SMARTS) is 1. The minimum Gasteiger partial charge on any atom is -0.480 e. The van der Waals surface area contributed by atoms with E-state index in [1.807, 2.05) is 0 Å². The summed E-state index contributed by atoms with van der Waals surface area (Å²) in [5.41, 5.74) is -0.926. The largest absolute Gasteiger partial charge is 0.480 e. The lowest BCUT2D eigenvalue weighted by molar-refractivity contribution is -0.147. The van der Waals surface area contributed by atoms with Gasteiger partial charge in [-0.3, -0.25) is 10.1 Å². The van der Waals surface area contributed by atoms with E-state index in [9.17, 15) is 9.90 Å². The van der Waals surface area contributed by atoms with Crippen LogP contribution in [0.1, 0.15) is 58.8 Å². The van der Waals surface area contributed by atoms with Crippen molar-refractivity contribution in [3.8, 4) is 0 Å². The summed E-state index contributed by atoms with van der Waals surface area (Å²) in [6.45, 7) is 4.83. The summed E-state index contributed by atoms with van der Waals surface area (Å²) in [5.74, 6) is -0.819. The molecule has 4 heteroatoms. The van der Waals surface area contributed by atoms with Crippen LogP contribution in [-0.2, 0) is 9.53 Å². The second-order valence-electron chi connectivity index (χ2n) is 5.52. The lowest BCUT2D eigenvalue weighted by atomic mass is 10.0. The average molecular weight is 257 g/mol. The van der Waals surface area contributed by atoms with Gasteiger partial charge in [0, 0.05) is 12.6 Å². The van der Waals surface area contributed by atoms with Gasteiger partial charge in [0.2, 0.25) is 0 Å². The van der Waals surface area contributed by atoms with Crippen LogP contribution in [0.3, 0.4) is 0 Å². The molecule has 0 aliphatic heterocycles. The molecule has 0 aromatic rings. The van der Waals surface area contributed by atoms with E-state index in [0.717, 1.165) is 19.3 Å². The first-order chi connectivity index (χ1) is 8.58. The number of hydrogen-bond acceptors (Lipinski definition) is 3. The Morgan fingerprint density at radius 3 is 2.56 bits per heavy atom. The van der Waals surface area contributed by atoms with Gasteiger partial charge in [-0.05, 0) is 26.2 Å². The Labute approximate surface area is 110 Å². The molecule has 1 atom stereocenters. The highest BCUT2D eigenvalue weighted by Crippen LogP contribution is 2.23. The molecule has 1 saturated carbocycles. The van der Waals surface area contributed by atoms with E-state index in [1.54, 1.807) is 6.92 Å². The van der Waals surface area contributed by atoms with Crippen molar-refractivity contribution in [3.05, 3.63) is 0 Å². The van der Waals surface area contributed by atoms with E-state index in [0.29, 0.717) is 12.6 Å². The Balaban J connectivity index is 2.11. The number of unbranched alkanes of at least 4 members (excludes halogenated alkanes) is 4. The third-order valence-corrected chi connectivity index (χ3v) is 3.36. The molecule has 0 radical (unpaired) electrons. The zero-order valence-corrected chi connectivity index (χ0v) is 11.7. The van der Waals surface area contributed by atoms with Crippen LogP contribution in [0.4, 0.5) is 0 Å². The normalized spacial score (nSPS) is 18.6. The quantitative estimate of drug-likeness (QED) is 0.559. The van der Waals surface area contributed by atoms with E-state index < -0.39 is 11.5 Å². The van der Waals surface area contributed by atoms with Gasteiger partial charge < -0.3 is 9.84 Å². The first kappa shape index (κ1) is 15.4. The Kier molecular flexibility index (Phi) is 6.65. The third kappa shape index (κ3) is 5.83. The van der Waals surface area contributed by atoms with Crippen molar-refractivity contribution in [1.29, 1.82) is 0 Å². The summed E-state index contributed by atoms with van der Waals surface area (Å²) in [4.78, 5) is 11.2. The molecule has 0 heterocycles. The van der Waals surface area contributed by atoms with Crippen molar-refractivity contribution in [2.75, 3.05) is 13.2 Å². The molecule has 4 nitrogen and oxygen atoms in total. The number of carboxylic acids is 1. The van der Waals surface area contributed by atoms with Crippen molar-refractivity contribution in [2.45, 2.75) is 70.4 Å². The monoisotopic (exact) mass is 257 g/mol. The highest BCUT2D eigenvalue weighted by atomic mass is 16.5. The van der Waals surface area contributed by atoms with E-state index in [1.165, 1.54) is 25.7 Å². The zero-order valence-electron chi connectivity index (χ0n) is 11.7. The number of carbonyl (C=O) groups is 1. The van der Waals surface area contributed by atoms with Crippen LogP contribution in [0.25, 0.3) is 0 Å². The fourth-order valence-electron chi connectivity index (χ4n) is 1.93. The molecule has 0 bridgehead atoms. The fourth-order valence-corrected chi connectivity index (χ4v) is 1.93. The fraction of sp³-hybridized carbons (Fsp3) is 0.929. The number of aliphatic carboxylic acids is 1. The maximum absolute atomic E-state index is 11.2. The van der Waals surface area contributed by atoms with E-state index in [-0.39, 0.29) is 6.61 Å². The number of ether oxygens (including phenoxy) is 1. The van der Waals surface area contributed by atoms with Crippen molar-refractivity contribution >= 4 is 5.97 Å². The Morgan fingerprint density at radius 1 is 1.33 bits per heavy atom. The van der Waals surface area contributed by atoms with Crippen LogP contribution in [0.15, 0.2) is 0 Å². The predicted molar refractivity (Wildman–Crippen MR) is 71.8 cm³/mol. The second-order valence-corrected chi connectivity index (χ2v) is 5.52. The van der Waals surface area contributed by atoms with E-state index in [4.69, 9.17) is 4.74 Å². The van der Waals surface area contributed by atoms with Crippen molar-refractivity contribution in [3.63, 3.8) is 0 Å². The minimum absolute atomic E-state index is 0.257. The SMILES string of the molecule is CCCCCCCOCC(C)(NC1CC1)C(=O)O. The molecule has 1 aliphatic rings. The third-order valence-electron chi connectivity index (χ3n) is 3.36. The van der Waals surface area contributed by atoms with Gasteiger partial charge in [-0.1, -0.05) is 32.6 Å². The first-order valence-electron chi connectivity index (χ1n) is 7.17. The molecular formula is C14H27NO3. The molecule has 2 N–H and O–H groups in total. The highest BCUT2D eigenvalue weighted by molar-refractivity contribution is 5.78. The number of hydrogen-bond donors (Lipinski definition) is 2. The average Bonchev–Trinajstić information content (AvgIpc) is 3.11. The van der Waals surface area contributed by atoms with E-state index in [2.05, 4.69) is 12.2 Å².